The minimum Gasteiger partial charge on any atom is -0.495 e. The predicted molar refractivity (Wildman–Crippen MR) is 137 cm³/mol. The molecular formula is C26H33N5O2S. The van der Waals surface area contributed by atoms with Gasteiger partial charge in [-0.25, -0.2) is 0 Å². The maximum atomic E-state index is 12.6. The number of ether oxygens (including phenoxy) is 1. The van der Waals surface area contributed by atoms with Crippen LogP contribution < -0.4 is 15.4 Å². The monoisotopic (exact) mass is 479 g/mol. The third kappa shape index (κ3) is 5.73. The van der Waals surface area contributed by atoms with E-state index in [1.54, 1.807) is 7.11 Å². The van der Waals surface area contributed by atoms with Crippen molar-refractivity contribution < 1.29 is 9.53 Å². The third-order valence-corrected chi connectivity index (χ3v) is 7.16. The zero-order chi connectivity index (χ0) is 23.9. The Labute approximate surface area is 205 Å². The molecule has 180 valence electrons. The van der Waals surface area contributed by atoms with E-state index in [4.69, 9.17) is 4.74 Å². The maximum absolute atomic E-state index is 12.6. The molecule has 2 aromatic carbocycles. The highest BCUT2D eigenvalue weighted by Gasteiger charge is 2.20. The number of carbonyl (C=O) groups excluding carboxylic acids is 1. The molecular weight excluding hydrogens is 446 g/mol. The number of aryl methyl sites for hydroxylation is 2. The normalized spacial score (nSPS) is 14.1. The Morgan fingerprint density at radius 2 is 1.79 bits per heavy atom. The molecule has 3 aromatic rings. The van der Waals surface area contributed by atoms with E-state index in [1.165, 1.54) is 42.2 Å². The first-order valence-corrected chi connectivity index (χ1v) is 12.9. The zero-order valence-corrected chi connectivity index (χ0v) is 21.0. The molecule has 0 radical (unpaired) electrons. The number of para-hydroxylation sites is 3. The van der Waals surface area contributed by atoms with E-state index in [1.807, 2.05) is 28.8 Å². The molecule has 0 saturated heterocycles. The Bertz CT molecular complexity index is 1100. The van der Waals surface area contributed by atoms with E-state index in [2.05, 4.69) is 52.9 Å². The van der Waals surface area contributed by atoms with Crippen molar-refractivity contribution in [2.24, 2.45) is 0 Å². The summed E-state index contributed by atoms with van der Waals surface area (Å²) < 4.78 is 7.61. The third-order valence-electron chi connectivity index (χ3n) is 6.23. The van der Waals surface area contributed by atoms with Gasteiger partial charge in [-0.1, -0.05) is 61.4 Å². The van der Waals surface area contributed by atoms with Crippen LogP contribution in [0.1, 0.15) is 49.1 Å². The standard InChI is InChI=1S/C26H33N5O2S/c1-18-10-9-11-19(2)25(18)27-16-23-29-30-26(31(23)21-14-7-8-15-22(21)33-3)34-17-24(32)28-20-12-5-4-6-13-20/h7-11,14-15,20,27H,4-6,12-13,16-17H2,1-3H3,(H,28,32). The average molecular weight is 480 g/mol. The molecule has 1 aromatic heterocycles. The number of methoxy groups -OCH3 is 1. The number of carbonyl (C=O) groups is 1. The number of anilines is 1. The second-order valence-corrected chi connectivity index (χ2v) is 9.66. The van der Waals surface area contributed by atoms with Crippen molar-refractivity contribution in [3.8, 4) is 11.4 Å². The second kappa shape index (κ2) is 11.4. The van der Waals surface area contributed by atoms with Crippen LogP contribution in [-0.2, 0) is 11.3 Å². The molecule has 0 unspecified atom stereocenters. The molecule has 0 bridgehead atoms. The van der Waals surface area contributed by atoms with Gasteiger partial charge in [0, 0.05) is 11.7 Å². The van der Waals surface area contributed by atoms with Crippen molar-refractivity contribution in [1.82, 2.24) is 20.1 Å². The van der Waals surface area contributed by atoms with Gasteiger partial charge in [-0.3, -0.25) is 9.36 Å². The molecule has 1 fully saturated rings. The number of aromatic nitrogens is 3. The minimum atomic E-state index is 0.0432. The van der Waals surface area contributed by atoms with Crippen molar-refractivity contribution >= 4 is 23.4 Å². The molecule has 34 heavy (non-hydrogen) atoms. The summed E-state index contributed by atoms with van der Waals surface area (Å²) in [6, 6.07) is 14.3. The van der Waals surface area contributed by atoms with Gasteiger partial charge in [-0.05, 0) is 49.9 Å². The molecule has 1 aliphatic rings. The van der Waals surface area contributed by atoms with E-state index >= 15 is 0 Å². The first kappa shape index (κ1) is 24.1. The summed E-state index contributed by atoms with van der Waals surface area (Å²) in [6.07, 6.45) is 5.79. The molecule has 0 spiro atoms. The number of rotatable bonds is 9. The molecule has 0 aliphatic heterocycles. The summed E-state index contributed by atoms with van der Waals surface area (Å²) >= 11 is 1.40. The van der Waals surface area contributed by atoms with Gasteiger partial charge in [0.05, 0.1) is 25.1 Å². The molecule has 1 amide bonds. The highest BCUT2D eigenvalue weighted by atomic mass is 32.2. The predicted octanol–water partition coefficient (Wildman–Crippen LogP) is 5.05. The number of nitrogens with zero attached hydrogens (tertiary/aromatic N) is 3. The number of benzene rings is 2. The number of amides is 1. The Kier molecular flexibility index (Phi) is 8.11. The first-order chi connectivity index (χ1) is 16.6. The summed E-state index contributed by atoms with van der Waals surface area (Å²) in [7, 11) is 1.65. The molecule has 8 heteroatoms. The number of nitrogens with one attached hydrogen (secondary N) is 2. The highest BCUT2D eigenvalue weighted by molar-refractivity contribution is 7.99. The van der Waals surface area contributed by atoms with Crippen molar-refractivity contribution in [2.75, 3.05) is 18.2 Å². The van der Waals surface area contributed by atoms with E-state index in [-0.39, 0.29) is 5.91 Å². The fourth-order valence-electron chi connectivity index (χ4n) is 4.47. The minimum absolute atomic E-state index is 0.0432. The van der Waals surface area contributed by atoms with E-state index in [0.29, 0.717) is 23.5 Å². The van der Waals surface area contributed by atoms with Gasteiger partial charge in [0.2, 0.25) is 5.91 Å². The lowest BCUT2D eigenvalue weighted by molar-refractivity contribution is -0.119. The fourth-order valence-corrected chi connectivity index (χ4v) is 5.25. The Hall–Kier alpha value is -3.00. The quantitative estimate of drug-likeness (QED) is 0.418. The van der Waals surface area contributed by atoms with Crippen LogP contribution in [0.3, 0.4) is 0 Å². The number of hydrogen-bond donors (Lipinski definition) is 2. The van der Waals surface area contributed by atoms with Gasteiger partial charge >= 0.3 is 0 Å². The lowest BCUT2D eigenvalue weighted by Crippen LogP contribution is -2.37. The molecule has 2 N–H and O–H groups in total. The summed E-state index contributed by atoms with van der Waals surface area (Å²) in [4.78, 5) is 12.6. The van der Waals surface area contributed by atoms with Crippen LogP contribution >= 0.6 is 11.8 Å². The van der Waals surface area contributed by atoms with E-state index < -0.39 is 0 Å². The number of thioether (sulfide) groups is 1. The van der Waals surface area contributed by atoms with Gasteiger partial charge < -0.3 is 15.4 Å². The summed E-state index contributed by atoms with van der Waals surface area (Å²) in [5.74, 6) is 1.82. The van der Waals surface area contributed by atoms with Crippen LogP contribution in [0, 0.1) is 13.8 Å². The van der Waals surface area contributed by atoms with Gasteiger partial charge in [-0.2, -0.15) is 0 Å². The van der Waals surface area contributed by atoms with Gasteiger partial charge in [-0.15, -0.1) is 10.2 Å². The summed E-state index contributed by atoms with van der Waals surface area (Å²) in [6.45, 7) is 4.67. The van der Waals surface area contributed by atoms with Crippen LogP contribution in [0.25, 0.3) is 5.69 Å². The van der Waals surface area contributed by atoms with Gasteiger partial charge in [0.25, 0.3) is 0 Å². The number of hydrogen-bond acceptors (Lipinski definition) is 6. The Morgan fingerprint density at radius 1 is 1.06 bits per heavy atom. The lowest BCUT2D eigenvalue weighted by atomic mass is 9.95. The van der Waals surface area contributed by atoms with Gasteiger partial charge in [0.1, 0.15) is 5.75 Å². The van der Waals surface area contributed by atoms with Crippen molar-refractivity contribution in [2.45, 2.75) is 63.7 Å². The molecule has 0 atom stereocenters. The largest absolute Gasteiger partial charge is 0.495 e. The smallest absolute Gasteiger partial charge is 0.230 e. The second-order valence-electron chi connectivity index (χ2n) is 8.72. The van der Waals surface area contributed by atoms with Crippen LogP contribution in [0.4, 0.5) is 5.69 Å². The van der Waals surface area contributed by atoms with Crippen LogP contribution in [0.15, 0.2) is 47.6 Å². The van der Waals surface area contributed by atoms with Crippen molar-refractivity contribution in [1.29, 1.82) is 0 Å². The summed E-state index contributed by atoms with van der Waals surface area (Å²) in [5.41, 5.74) is 4.30. The van der Waals surface area contributed by atoms with Crippen molar-refractivity contribution in [3.63, 3.8) is 0 Å². The Morgan fingerprint density at radius 3 is 2.53 bits per heavy atom. The average Bonchev–Trinajstić information content (AvgIpc) is 3.25. The molecule has 7 nitrogen and oxygen atoms in total. The topological polar surface area (TPSA) is 81.1 Å². The van der Waals surface area contributed by atoms with Gasteiger partial charge in [0.15, 0.2) is 11.0 Å². The van der Waals surface area contributed by atoms with E-state index in [0.717, 1.165) is 35.8 Å². The molecule has 1 saturated carbocycles. The highest BCUT2D eigenvalue weighted by Crippen LogP contribution is 2.29. The van der Waals surface area contributed by atoms with E-state index in [9.17, 15) is 4.79 Å². The molecule has 4 rings (SSSR count). The van der Waals surface area contributed by atoms with Crippen LogP contribution in [-0.4, -0.2) is 39.6 Å². The fraction of sp³-hybridized carbons (Fsp3) is 0.423. The SMILES string of the molecule is COc1ccccc1-n1c(CNc2c(C)cccc2C)nnc1SCC(=O)NC1CCCCC1. The Balaban J connectivity index is 1.55. The van der Waals surface area contributed by atoms with Crippen LogP contribution in [0.5, 0.6) is 5.75 Å². The van der Waals surface area contributed by atoms with Crippen LogP contribution in [0.2, 0.25) is 0 Å². The maximum Gasteiger partial charge on any atom is 0.230 e. The first-order valence-electron chi connectivity index (χ1n) is 11.9. The lowest BCUT2D eigenvalue weighted by Gasteiger charge is -2.22. The summed E-state index contributed by atoms with van der Waals surface area (Å²) in [5, 5.41) is 16.3. The van der Waals surface area contributed by atoms with Crippen molar-refractivity contribution in [3.05, 3.63) is 59.4 Å². The molecule has 1 heterocycles. The zero-order valence-electron chi connectivity index (χ0n) is 20.1. The molecule has 1 aliphatic carbocycles.